The van der Waals surface area contributed by atoms with Gasteiger partial charge in [-0.3, -0.25) is 9.59 Å². The number of hydrogen-bond acceptors (Lipinski definition) is 5. The Labute approximate surface area is 125 Å². The first-order valence-electron chi connectivity index (χ1n) is 5.98. The number of amidine groups is 1. The number of carbonyl (C=O) groups is 3. The van der Waals surface area contributed by atoms with Gasteiger partial charge in [0.25, 0.3) is 11.8 Å². The van der Waals surface area contributed by atoms with Gasteiger partial charge in [0.05, 0.1) is 12.0 Å². The molecule has 0 aliphatic carbocycles. The molecule has 0 saturated carbocycles. The van der Waals surface area contributed by atoms with E-state index < -0.39 is 17.8 Å². The second-order valence-electron chi connectivity index (χ2n) is 4.18. The van der Waals surface area contributed by atoms with Crippen molar-refractivity contribution in [2.24, 2.45) is 4.99 Å². The molecule has 0 bridgehead atoms. The minimum atomic E-state index is -0.640. The third-order valence-corrected chi connectivity index (χ3v) is 3.51. The predicted octanol–water partition coefficient (Wildman–Crippen LogP) is 1.41. The van der Waals surface area contributed by atoms with Crippen LogP contribution >= 0.6 is 11.8 Å². The minimum Gasteiger partial charge on any atom is -0.466 e. The quantitative estimate of drug-likeness (QED) is 0.659. The SMILES string of the molecule is COC(=O)C=C1SC(=NC(=O)c2ccc(C)cc2)NC1=O. The van der Waals surface area contributed by atoms with Gasteiger partial charge in [-0.1, -0.05) is 17.7 Å². The van der Waals surface area contributed by atoms with Crippen molar-refractivity contribution >= 4 is 34.7 Å². The van der Waals surface area contributed by atoms with Crippen molar-refractivity contribution in [3.8, 4) is 0 Å². The minimum absolute atomic E-state index is 0.136. The normalized spacial score (nSPS) is 17.9. The molecule has 1 N–H and O–H groups in total. The maximum absolute atomic E-state index is 11.9. The molecule has 1 fully saturated rings. The molecule has 1 heterocycles. The molecule has 0 atom stereocenters. The molecule has 0 unspecified atom stereocenters. The number of carbonyl (C=O) groups excluding carboxylic acids is 3. The van der Waals surface area contributed by atoms with Crippen molar-refractivity contribution in [1.82, 2.24) is 5.32 Å². The Morgan fingerprint density at radius 1 is 1.29 bits per heavy atom. The molecule has 1 saturated heterocycles. The van der Waals surface area contributed by atoms with Crippen LogP contribution in [0.3, 0.4) is 0 Å². The molecule has 1 aromatic carbocycles. The number of thioether (sulfide) groups is 1. The second kappa shape index (κ2) is 6.36. The summed E-state index contributed by atoms with van der Waals surface area (Å²) in [5.74, 6) is -1.59. The van der Waals surface area contributed by atoms with Gasteiger partial charge in [0.2, 0.25) is 0 Å². The van der Waals surface area contributed by atoms with Crippen LogP contribution in [0.2, 0.25) is 0 Å². The summed E-state index contributed by atoms with van der Waals surface area (Å²) in [6.07, 6.45) is 1.05. The predicted molar refractivity (Wildman–Crippen MR) is 78.8 cm³/mol. The Kier molecular flexibility index (Phi) is 4.54. The number of amides is 2. The molecular formula is C14H12N2O4S. The number of methoxy groups -OCH3 is 1. The van der Waals surface area contributed by atoms with Crippen molar-refractivity contribution in [3.63, 3.8) is 0 Å². The molecule has 21 heavy (non-hydrogen) atoms. The Morgan fingerprint density at radius 3 is 2.57 bits per heavy atom. The number of nitrogens with zero attached hydrogens (tertiary/aromatic N) is 1. The Bertz CT molecular complexity index is 662. The highest BCUT2D eigenvalue weighted by atomic mass is 32.2. The van der Waals surface area contributed by atoms with E-state index in [9.17, 15) is 14.4 Å². The third kappa shape index (κ3) is 3.79. The lowest BCUT2D eigenvalue weighted by Crippen LogP contribution is -2.21. The van der Waals surface area contributed by atoms with Crippen LogP contribution in [0.15, 0.2) is 40.2 Å². The van der Waals surface area contributed by atoms with Gasteiger partial charge >= 0.3 is 5.97 Å². The smallest absolute Gasteiger partial charge is 0.331 e. The van der Waals surface area contributed by atoms with E-state index in [0.717, 1.165) is 23.4 Å². The van der Waals surface area contributed by atoms with Crippen LogP contribution in [0.5, 0.6) is 0 Å². The van der Waals surface area contributed by atoms with E-state index >= 15 is 0 Å². The monoisotopic (exact) mass is 304 g/mol. The molecule has 1 aliphatic heterocycles. The van der Waals surface area contributed by atoms with Crippen LogP contribution in [0.4, 0.5) is 0 Å². The summed E-state index contributed by atoms with van der Waals surface area (Å²) < 4.78 is 4.44. The van der Waals surface area contributed by atoms with Crippen molar-refractivity contribution in [2.45, 2.75) is 6.92 Å². The summed E-state index contributed by atoms with van der Waals surface area (Å²) in [6, 6.07) is 6.93. The van der Waals surface area contributed by atoms with E-state index in [1.54, 1.807) is 24.3 Å². The van der Waals surface area contributed by atoms with Gasteiger partial charge in [0, 0.05) is 11.6 Å². The van der Waals surface area contributed by atoms with E-state index in [2.05, 4.69) is 15.0 Å². The van der Waals surface area contributed by atoms with Gasteiger partial charge < -0.3 is 10.1 Å². The zero-order chi connectivity index (χ0) is 15.4. The van der Waals surface area contributed by atoms with Crippen molar-refractivity contribution in [3.05, 3.63) is 46.4 Å². The summed E-state index contributed by atoms with van der Waals surface area (Å²) in [5, 5.41) is 2.56. The fourth-order valence-corrected chi connectivity index (χ4v) is 2.28. The fraction of sp³-hybridized carbons (Fsp3) is 0.143. The molecule has 2 rings (SSSR count). The highest BCUT2D eigenvalue weighted by molar-refractivity contribution is 8.18. The van der Waals surface area contributed by atoms with Gasteiger partial charge in [-0.25, -0.2) is 4.79 Å². The molecule has 1 aliphatic rings. The molecule has 6 nitrogen and oxygen atoms in total. The third-order valence-electron chi connectivity index (χ3n) is 2.60. The van der Waals surface area contributed by atoms with Crippen LogP contribution in [0, 0.1) is 6.92 Å². The molecule has 2 amide bonds. The highest BCUT2D eigenvalue weighted by Gasteiger charge is 2.25. The number of esters is 1. The number of aryl methyl sites for hydroxylation is 1. The van der Waals surface area contributed by atoms with Gasteiger partial charge in [-0.15, -0.1) is 0 Å². The molecule has 0 aromatic heterocycles. The first-order valence-corrected chi connectivity index (χ1v) is 6.80. The van der Waals surface area contributed by atoms with E-state index in [1.165, 1.54) is 7.11 Å². The number of nitrogens with one attached hydrogen (secondary N) is 1. The van der Waals surface area contributed by atoms with Crippen LogP contribution in [-0.4, -0.2) is 30.1 Å². The van der Waals surface area contributed by atoms with Crippen molar-refractivity contribution < 1.29 is 19.1 Å². The first-order chi connectivity index (χ1) is 9.99. The first kappa shape index (κ1) is 15.0. The number of benzene rings is 1. The van der Waals surface area contributed by atoms with Gasteiger partial charge in [-0.05, 0) is 30.8 Å². The Morgan fingerprint density at radius 2 is 1.95 bits per heavy atom. The lowest BCUT2D eigenvalue weighted by molar-refractivity contribution is -0.135. The lowest BCUT2D eigenvalue weighted by atomic mass is 10.1. The standard InChI is InChI=1S/C14H12N2O4S/c1-8-3-5-9(6-4-8)12(18)15-14-16-13(19)10(21-14)7-11(17)20-2/h3-7H,1-2H3,(H,15,16,18,19). The van der Waals surface area contributed by atoms with E-state index in [0.29, 0.717) is 5.56 Å². The molecule has 0 radical (unpaired) electrons. The highest BCUT2D eigenvalue weighted by Crippen LogP contribution is 2.23. The Balaban J connectivity index is 2.14. The average Bonchev–Trinajstić information content (AvgIpc) is 2.79. The maximum Gasteiger partial charge on any atom is 0.331 e. The van der Waals surface area contributed by atoms with Crippen molar-refractivity contribution in [2.75, 3.05) is 7.11 Å². The van der Waals surface area contributed by atoms with Crippen LogP contribution < -0.4 is 5.32 Å². The molecule has 7 heteroatoms. The summed E-state index contributed by atoms with van der Waals surface area (Å²) in [7, 11) is 1.22. The average molecular weight is 304 g/mol. The molecular weight excluding hydrogens is 292 g/mol. The topological polar surface area (TPSA) is 84.8 Å². The Hall–Kier alpha value is -2.41. The maximum atomic E-state index is 11.9. The zero-order valence-corrected chi connectivity index (χ0v) is 12.2. The van der Waals surface area contributed by atoms with Crippen LogP contribution in [-0.2, 0) is 14.3 Å². The van der Waals surface area contributed by atoms with Gasteiger partial charge in [0.1, 0.15) is 0 Å². The largest absolute Gasteiger partial charge is 0.466 e. The van der Waals surface area contributed by atoms with Crippen LogP contribution in [0.1, 0.15) is 15.9 Å². The lowest BCUT2D eigenvalue weighted by Gasteiger charge is -1.97. The van der Waals surface area contributed by atoms with Gasteiger partial charge in [-0.2, -0.15) is 4.99 Å². The van der Waals surface area contributed by atoms with Crippen LogP contribution in [0.25, 0.3) is 0 Å². The second-order valence-corrected chi connectivity index (χ2v) is 5.21. The summed E-state index contributed by atoms with van der Waals surface area (Å²) >= 11 is 0.917. The fourth-order valence-electron chi connectivity index (χ4n) is 1.50. The summed E-state index contributed by atoms with van der Waals surface area (Å²) in [5.41, 5.74) is 1.46. The molecule has 108 valence electrons. The van der Waals surface area contributed by atoms with E-state index in [1.807, 2.05) is 6.92 Å². The zero-order valence-electron chi connectivity index (χ0n) is 11.4. The summed E-state index contributed by atoms with van der Waals surface area (Å²) in [6.45, 7) is 1.91. The molecule has 0 spiro atoms. The number of hydrogen-bond donors (Lipinski definition) is 1. The molecule has 1 aromatic rings. The number of aliphatic imine (C=N–C) groups is 1. The van der Waals surface area contributed by atoms with E-state index in [-0.39, 0.29) is 10.1 Å². The summed E-state index contributed by atoms with van der Waals surface area (Å²) in [4.78, 5) is 38.6. The van der Waals surface area contributed by atoms with E-state index in [4.69, 9.17) is 0 Å². The van der Waals surface area contributed by atoms with Gasteiger partial charge in [0.15, 0.2) is 5.17 Å². The van der Waals surface area contributed by atoms with Crippen molar-refractivity contribution in [1.29, 1.82) is 0 Å². The number of rotatable bonds is 2. The number of ether oxygens (including phenoxy) is 1.